The maximum Gasteiger partial charge on any atom is 0.282 e. The largest absolute Gasteiger partial charge is 0.339 e. The molecular weight excluding hydrogens is 266 g/mol. The highest BCUT2D eigenvalue weighted by atomic mass is 32.2. The molecule has 0 unspecified atom stereocenters. The molecule has 1 amide bonds. The van der Waals surface area contributed by atoms with Gasteiger partial charge in [-0.3, -0.25) is 14.9 Å². The van der Waals surface area contributed by atoms with Gasteiger partial charge in [-0.2, -0.15) is 0 Å². The number of amides is 1. The predicted octanol–water partition coefficient (Wildman–Crippen LogP) is 1.12. The minimum absolute atomic E-state index is 0.0321. The molecule has 1 saturated heterocycles. The molecule has 19 heavy (non-hydrogen) atoms. The van der Waals surface area contributed by atoms with Crippen molar-refractivity contribution < 1.29 is 9.72 Å². The molecule has 1 aromatic carbocycles. The quantitative estimate of drug-likeness (QED) is 0.508. The molecule has 0 bridgehead atoms. The molecule has 1 heterocycles. The summed E-state index contributed by atoms with van der Waals surface area (Å²) in [5, 5.41) is 14.0. The topological polar surface area (TPSA) is 75.5 Å². The van der Waals surface area contributed by atoms with Crippen LogP contribution >= 0.6 is 11.8 Å². The molecule has 102 valence electrons. The Balaban J connectivity index is 1.94. The van der Waals surface area contributed by atoms with Crippen LogP contribution < -0.4 is 5.32 Å². The minimum Gasteiger partial charge on any atom is -0.339 e. The summed E-state index contributed by atoms with van der Waals surface area (Å²) in [5.41, 5.74) is 0.0561. The highest BCUT2D eigenvalue weighted by Crippen LogP contribution is 2.28. The van der Waals surface area contributed by atoms with Gasteiger partial charge in [0.2, 0.25) is 5.91 Å². The lowest BCUT2D eigenvalue weighted by Gasteiger charge is -2.27. The van der Waals surface area contributed by atoms with E-state index in [2.05, 4.69) is 5.32 Å². The molecule has 2 rings (SSSR count). The molecule has 1 aliphatic heterocycles. The van der Waals surface area contributed by atoms with Gasteiger partial charge in [0.25, 0.3) is 5.69 Å². The Kier molecular flexibility index (Phi) is 4.75. The Hall–Kier alpha value is -1.60. The first-order valence-electron chi connectivity index (χ1n) is 6.03. The van der Waals surface area contributed by atoms with E-state index < -0.39 is 4.92 Å². The molecule has 0 atom stereocenters. The minimum atomic E-state index is -0.419. The third kappa shape index (κ3) is 3.68. The summed E-state index contributed by atoms with van der Waals surface area (Å²) in [6, 6.07) is 6.50. The first-order chi connectivity index (χ1) is 9.18. The van der Waals surface area contributed by atoms with Crippen LogP contribution in [0.3, 0.4) is 0 Å². The predicted molar refractivity (Wildman–Crippen MR) is 73.3 cm³/mol. The standard InChI is InChI=1S/C12H15N3O3S/c16-12(14-7-5-13-6-8-14)9-19-11-4-2-1-3-10(11)15(17)18/h1-4,13H,5-9H2. The number of para-hydroxylation sites is 1. The first kappa shape index (κ1) is 13.8. The van der Waals surface area contributed by atoms with Crippen LogP contribution in [-0.4, -0.2) is 47.7 Å². The number of hydrogen-bond acceptors (Lipinski definition) is 5. The van der Waals surface area contributed by atoms with Gasteiger partial charge in [-0.05, 0) is 6.07 Å². The summed E-state index contributed by atoms with van der Waals surface area (Å²) < 4.78 is 0. The number of nitro benzene ring substituents is 1. The van der Waals surface area contributed by atoms with Crippen LogP contribution in [0.15, 0.2) is 29.2 Å². The maximum absolute atomic E-state index is 12.0. The highest BCUT2D eigenvalue weighted by Gasteiger charge is 2.18. The van der Waals surface area contributed by atoms with E-state index in [9.17, 15) is 14.9 Å². The lowest BCUT2D eigenvalue weighted by Crippen LogP contribution is -2.47. The van der Waals surface area contributed by atoms with Gasteiger partial charge < -0.3 is 10.2 Å². The van der Waals surface area contributed by atoms with E-state index in [1.807, 2.05) is 0 Å². The van der Waals surface area contributed by atoms with Gasteiger partial charge >= 0.3 is 0 Å². The average Bonchev–Trinajstić information content (AvgIpc) is 2.46. The molecule has 1 aromatic rings. The second-order valence-electron chi connectivity index (χ2n) is 4.14. The Bertz CT molecular complexity index is 475. The normalized spacial score (nSPS) is 15.3. The lowest BCUT2D eigenvalue weighted by atomic mass is 10.3. The summed E-state index contributed by atoms with van der Waals surface area (Å²) >= 11 is 1.22. The van der Waals surface area contributed by atoms with Crippen molar-refractivity contribution in [1.29, 1.82) is 0 Å². The van der Waals surface area contributed by atoms with Crippen molar-refractivity contribution in [3.63, 3.8) is 0 Å². The van der Waals surface area contributed by atoms with Crippen molar-refractivity contribution in [3.05, 3.63) is 34.4 Å². The van der Waals surface area contributed by atoms with Crippen molar-refractivity contribution in [2.24, 2.45) is 0 Å². The smallest absolute Gasteiger partial charge is 0.282 e. The molecule has 7 heteroatoms. The Labute approximate surface area is 115 Å². The number of nitrogens with one attached hydrogen (secondary N) is 1. The zero-order valence-electron chi connectivity index (χ0n) is 10.4. The van der Waals surface area contributed by atoms with Gasteiger partial charge in [0.05, 0.1) is 15.6 Å². The summed E-state index contributed by atoms with van der Waals surface area (Å²) in [7, 11) is 0. The van der Waals surface area contributed by atoms with E-state index in [1.54, 1.807) is 23.1 Å². The lowest BCUT2D eigenvalue weighted by molar-refractivity contribution is -0.387. The number of piperazine rings is 1. The fourth-order valence-corrected chi connectivity index (χ4v) is 2.80. The first-order valence-corrected chi connectivity index (χ1v) is 7.02. The van der Waals surface area contributed by atoms with Crippen molar-refractivity contribution in [2.75, 3.05) is 31.9 Å². The molecule has 1 N–H and O–H groups in total. The number of thioether (sulfide) groups is 1. The zero-order chi connectivity index (χ0) is 13.7. The number of benzene rings is 1. The van der Waals surface area contributed by atoms with E-state index >= 15 is 0 Å². The Morgan fingerprint density at radius 2 is 2.05 bits per heavy atom. The summed E-state index contributed by atoms with van der Waals surface area (Å²) in [6.07, 6.45) is 0. The van der Waals surface area contributed by atoms with Gasteiger partial charge in [0.15, 0.2) is 0 Å². The van der Waals surface area contributed by atoms with Crippen molar-refractivity contribution in [3.8, 4) is 0 Å². The number of nitro groups is 1. The number of nitrogens with zero attached hydrogens (tertiary/aromatic N) is 2. The van der Waals surface area contributed by atoms with Crippen molar-refractivity contribution >= 4 is 23.4 Å². The fourth-order valence-electron chi connectivity index (χ4n) is 1.88. The van der Waals surface area contributed by atoms with Gasteiger partial charge in [0, 0.05) is 32.2 Å². The SMILES string of the molecule is O=C(CSc1ccccc1[N+](=O)[O-])N1CCNCC1. The monoisotopic (exact) mass is 281 g/mol. The molecule has 1 aliphatic rings. The van der Waals surface area contributed by atoms with Crippen LogP contribution in [0.2, 0.25) is 0 Å². The number of rotatable bonds is 4. The van der Waals surface area contributed by atoms with Crippen molar-refractivity contribution in [1.82, 2.24) is 10.2 Å². The fraction of sp³-hybridized carbons (Fsp3) is 0.417. The van der Waals surface area contributed by atoms with Crippen LogP contribution in [0.4, 0.5) is 5.69 Å². The van der Waals surface area contributed by atoms with Gasteiger partial charge in [0.1, 0.15) is 0 Å². The number of carbonyl (C=O) groups is 1. The number of carbonyl (C=O) groups excluding carboxylic acids is 1. The Morgan fingerprint density at radius 1 is 1.37 bits per heavy atom. The van der Waals surface area contributed by atoms with Gasteiger partial charge in [-0.1, -0.05) is 12.1 Å². The molecule has 6 nitrogen and oxygen atoms in total. The van der Waals surface area contributed by atoms with E-state index in [-0.39, 0.29) is 17.3 Å². The van der Waals surface area contributed by atoms with Gasteiger partial charge in [-0.25, -0.2) is 0 Å². The van der Waals surface area contributed by atoms with Crippen molar-refractivity contribution in [2.45, 2.75) is 4.90 Å². The molecule has 0 aliphatic carbocycles. The van der Waals surface area contributed by atoms with Gasteiger partial charge in [-0.15, -0.1) is 11.8 Å². The molecule has 0 saturated carbocycles. The Morgan fingerprint density at radius 3 is 2.74 bits per heavy atom. The zero-order valence-corrected chi connectivity index (χ0v) is 11.2. The van der Waals surface area contributed by atoms with E-state index in [0.29, 0.717) is 18.0 Å². The molecule has 0 aromatic heterocycles. The second kappa shape index (κ2) is 6.53. The third-order valence-electron chi connectivity index (χ3n) is 2.88. The van der Waals surface area contributed by atoms with E-state index in [4.69, 9.17) is 0 Å². The highest BCUT2D eigenvalue weighted by molar-refractivity contribution is 8.00. The number of hydrogen-bond donors (Lipinski definition) is 1. The summed E-state index contributed by atoms with van der Waals surface area (Å²) in [6.45, 7) is 3.02. The molecular formula is C12H15N3O3S. The van der Waals surface area contributed by atoms with Crippen LogP contribution in [0, 0.1) is 10.1 Å². The molecule has 1 fully saturated rings. The third-order valence-corrected chi connectivity index (χ3v) is 3.93. The van der Waals surface area contributed by atoms with Crippen LogP contribution in [0.1, 0.15) is 0 Å². The second-order valence-corrected chi connectivity index (χ2v) is 5.16. The van der Waals surface area contributed by atoms with Crippen LogP contribution in [0.25, 0.3) is 0 Å². The maximum atomic E-state index is 12.0. The van der Waals surface area contributed by atoms with E-state index in [1.165, 1.54) is 17.8 Å². The molecule has 0 radical (unpaired) electrons. The average molecular weight is 281 g/mol. The molecule has 0 spiro atoms. The summed E-state index contributed by atoms with van der Waals surface area (Å²) in [5.74, 6) is 0.273. The summed E-state index contributed by atoms with van der Waals surface area (Å²) in [4.78, 5) is 24.7. The van der Waals surface area contributed by atoms with Crippen LogP contribution in [0.5, 0.6) is 0 Å². The van der Waals surface area contributed by atoms with Crippen LogP contribution in [-0.2, 0) is 4.79 Å². The van der Waals surface area contributed by atoms with E-state index in [0.717, 1.165) is 13.1 Å².